The fourth-order valence-corrected chi connectivity index (χ4v) is 3.82. The van der Waals surface area contributed by atoms with Crippen molar-refractivity contribution in [1.82, 2.24) is 4.98 Å². The first kappa shape index (κ1) is 15.5. The average Bonchev–Trinajstić information content (AvgIpc) is 2.74. The SMILES string of the molecule is COc1c(C)cnc(CC(N)c2cc(C)c(Br)s2)c1C. The van der Waals surface area contributed by atoms with Crippen LogP contribution >= 0.6 is 27.3 Å². The van der Waals surface area contributed by atoms with E-state index in [-0.39, 0.29) is 6.04 Å². The Labute approximate surface area is 132 Å². The van der Waals surface area contributed by atoms with Crippen molar-refractivity contribution in [2.24, 2.45) is 5.73 Å². The minimum absolute atomic E-state index is 0.0383. The van der Waals surface area contributed by atoms with Crippen LogP contribution in [0.3, 0.4) is 0 Å². The number of methoxy groups -OCH3 is 1. The van der Waals surface area contributed by atoms with Crippen molar-refractivity contribution in [3.05, 3.63) is 43.3 Å². The van der Waals surface area contributed by atoms with E-state index in [2.05, 4.69) is 33.9 Å². The van der Waals surface area contributed by atoms with Gasteiger partial charge in [0.05, 0.1) is 10.9 Å². The Morgan fingerprint density at radius 3 is 2.60 bits per heavy atom. The van der Waals surface area contributed by atoms with E-state index in [0.717, 1.165) is 32.8 Å². The third-order valence-electron chi connectivity index (χ3n) is 3.40. The third kappa shape index (κ3) is 3.05. The van der Waals surface area contributed by atoms with Gasteiger partial charge in [-0.25, -0.2) is 0 Å². The van der Waals surface area contributed by atoms with Gasteiger partial charge in [0.15, 0.2) is 0 Å². The molecule has 0 radical (unpaired) electrons. The molecule has 2 rings (SSSR count). The lowest BCUT2D eigenvalue weighted by atomic mass is 10.0. The molecule has 2 aromatic rings. The summed E-state index contributed by atoms with van der Waals surface area (Å²) in [5, 5.41) is 0. The fourth-order valence-electron chi connectivity index (χ4n) is 2.25. The smallest absolute Gasteiger partial charge is 0.128 e. The molecule has 2 heterocycles. The number of hydrogen-bond donors (Lipinski definition) is 1. The highest BCUT2D eigenvalue weighted by atomic mass is 79.9. The minimum atomic E-state index is -0.0383. The summed E-state index contributed by atoms with van der Waals surface area (Å²) in [4.78, 5) is 5.69. The highest BCUT2D eigenvalue weighted by Gasteiger charge is 2.16. The molecule has 0 fully saturated rings. The van der Waals surface area contributed by atoms with Crippen LogP contribution in [0.1, 0.15) is 33.3 Å². The number of halogens is 1. The van der Waals surface area contributed by atoms with Crippen LogP contribution < -0.4 is 10.5 Å². The van der Waals surface area contributed by atoms with Crippen molar-refractivity contribution < 1.29 is 4.74 Å². The maximum absolute atomic E-state index is 6.32. The van der Waals surface area contributed by atoms with Crippen molar-refractivity contribution in [2.45, 2.75) is 33.2 Å². The van der Waals surface area contributed by atoms with E-state index in [1.807, 2.05) is 20.0 Å². The molecule has 0 aliphatic rings. The van der Waals surface area contributed by atoms with Crippen LogP contribution in [0.15, 0.2) is 16.0 Å². The maximum Gasteiger partial charge on any atom is 0.128 e. The van der Waals surface area contributed by atoms with Crippen LogP contribution in [0.4, 0.5) is 0 Å². The zero-order chi connectivity index (χ0) is 14.9. The molecule has 0 amide bonds. The first-order chi connectivity index (χ1) is 9.43. The minimum Gasteiger partial charge on any atom is -0.496 e. The second-order valence-electron chi connectivity index (χ2n) is 4.96. The Balaban J connectivity index is 2.26. The van der Waals surface area contributed by atoms with Crippen LogP contribution in [0.25, 0.3) is 0 Å². The number of hydrogen-bond acceptors (Lipinski definition) is 4. The number of thiophene rings is 1. The number of aryl methyl sites for hydroxylation is 2. The Bertz CT molecular complexity index is 605. The molecule has 3 nitrogen and oxygen atoms in total. The van der Waals surface area contributed by atoms with Gasteiger partial charge in [-0.2, -0.15) is 0 Å². The van der Waals surface area contributed by atoms with Crippen molar-refractivity contribution in [1.29, 1.82) is 0 Å². The third-order valence-corrected chi connectivity index (χ3v) is 5.67. The summed E-state index contributed by atoms with van der Waals surface area (Å²) < 4.78 is 6.59. The Morgan fingerprint density at radius 2 is 2.05 bits per heavy atom. The molecule has 2 aromatic heterocycles. The van der Waals surface area contributed by atoms with E-state index >= 15 is 0 Å². The maximum atomic E-state index is 6.32. The van der Waals surface area contributed by atoms with Gasteiger partial charge < -0.3 is 10.5 Å². The monoisotopic (exact) mass is 354 g/mol. The lowest BCUT2D eigenvalue weighted by molar-refractivity contribution is 0.406. The van der Waals surface area contributed by atoms with Crippen LogP contribution in [0.5, 0.6) is 5.75 Å². The topological polar surface area (TPSA) is 48.1 Å². The zero-order valence-electron chi connectivity index (χ0n) is 12.2. The van der Waals surface area contributed by atoms with E-state index < -0.39 is 0 Å². The van der Waals surface area contributed by atoms with E-state index in [4.69, 9.17) is 10.5 Å². The van der Waals surface area contributed by atoms with Gasteiger partial charge in [-0.3, -0.25) is 4.98 Å². The van der Waals surface area contributed by atoms with Crippen LogP contribution in [-0.4, -0.2) is 12.1 Å². The first-order valence-electron chi connectivity index (χ1n) is 6.44. The zero-order valence-corrected chi connectivity index (χ0v) is 14.6. The summed E-state index contributed by atoms with van der Waals surface area (Å²) in [7, 11) is 1.69. The molecule has 20 heavy (non-hydrogen) atoms. The van der Waals surface area contributed by atoms with Gasteiger partial charge >= 0.3 is 0 Å². The van der Waals surface area contributed by atoms with E-state index in [1.165, 1.54) is 10.4 Å². The van der Waals surface area contributed by atoms with Crippen LogP contribution in [-0.2, 0) is 6.42 Å². The van der Waals surface area contributed by atoms with Crippen LogP contribution in [0, 0.1) is 20.8 Å². The largest absolute Gasteiger partial charge is 0.496 e. The number of nitrogens with two attached hydrogens (primary N) is 1. The summed E-state index contributed by atoms with van der Waals surface area (Å²) in [6, 6.07) is 2.10. The van der Waals surface area contributed by atoms with Gasteiger partial charge in [0, 0.05) is 40.4 Å². The molecule has 1 atom stereocenters. The predicted molar refractivity (Wildman–Crippen MR) is 87.7 cm³/mol. The number of pyridine rings is 1. The van der Waals surface area contributed by atoms with Gasteiger partial charge in [-0.15, -0.1) is 11.3 Å². The summed E-state index contributed by atoms with van der Waals surface area (Å²) in [5.41, 5.74) is 10.7. The molecule has 0 spiro atoms. The standard InChI is InChI=1S/C15H19BrN2OS/c1-8-5-13(20-15(8)16)11(17)6-12-10(3)14(19-4)9(2)7-18-12/h5,7,11H,6,17H2,1-4H3. The lowest BCUT2D eigenvalue weighted by Crippen LogP contribution is -2.14. The number of rotatable bonds is 4. The molecule has 0 bridgehead atoms. The summed E-state index contributed by atoms with van der Waals surface area (Å²) >= 11 is 5.24. The average molecular weight is 355 g/mol. The van der Waals surface area contributed by atoms with Crippen molar-refractivity contribution in [3.63, 3.8) is 0 Å². The molecule has 108 valence electrons. The molecule has 2 N–H and O–H groups in total. The normalized spacial score (nSPS) is 12.5. The number of ether oxygens (including phenoxy) is 1. The highest BCUT2D eigenvalue weighted by Crippen LogP contribution is 2.33. The number of aromatic nitrogens is 1. The van der Waals surface area contributed by atoms with E-state index in [1.54, 1.807) is 18.4 Å². The molecule has 0 aromatic carbocycles. The second-order valence-corrected chi connectivity index (χ2v) is 7.36. The quantitative estimate of drug-likeness (QED) is 0.899. The highest BCUT2D eigenvalue weighted by molar-refractivity contribution is 9.11. The lowest BCUT2D eigenvalue weighted by Gasteiger charge is -2.15. The van der Waals surface area contributed by atoms with Gasteiger partial charge in [0.2, 0.25) is 0 Å². The molecule has 1 unspecified atom stereocenters. The van der Waals surface area contributed by atoms with Gasteiger partial charge in [-0.05, 0) is 48.3 Å². The second kappa shape index (κ2) is 6.24. The Kier molecular flexibility index (Phi) is 4.83. The number of nitrogens with zero attached hydrogens (tertiary/aromatic N) is 1. The van der Waals surface area contributed by atoms with Gasteiger partial charge in [-0.1, -0.05) is 0 Å². The predicted octanol–water partition coefficient (Wildman–Crippen LogP) is 4.08. The molecule has 0 aliphatic heterocycles. The summed E-state index contributed by atoms with van der Waals surface area (Å²) in [6.45, 7) is 6.12. The molecule has 0 aliphatic carbocycles. The van der Waals surface area contributed by atoms with Crippen molar-refractivity contribution >= 4 is 27.3 Å². The molecular weight excluding hydrogens is 336 g/mol. The van der Waals surface area contributed by atoms with Crippen molar-refractivity contribution in [2.75, 3.05) is 7.11 Å². The molecule has 0 saturated heterocycles. The summed E-state index contributed by atoms with van der Waals surface area (Å²) in [6.07, 6.45) is 2.57. The summed E-state index contributed by atoms with van der Waals surface area (Å²) in [5.74, 6) is 0.908. The Morgan fingerprint density at radius 1 is 1.35 bits per heavy atom. The Hall–Kier alpha value is -0.910. The van der Waals surface area contributed by atoms with Crippen LogP contribution in [0.2, 0.25) is 0 Å². The molecular formula is C15H19BrN2OS. The van der Waals surface area contributed by atoms with E-state index in [9.17, 15) is 0 Å². The first-order valence-corrected chi connectivity index (χ1v) is 8.05. The molecule has 5 heteroatoms. The molecule has 0 saturated carbocycles. The fraction of sp³-hybridized carbons (Fsp3) is 0.400. The van der Waals surface area contributed by atoms with Gasteiger partial charge in [0.1, 0.15) is 5.75 Å². The van der Waals surface area contributed by atoms with Crippen molar-refractivity contribution in [3.8, 4) is 5.75 Å². The van der Waals surface area contributed by atoms with Gasteiger partial charge in [0.25, 0.3) is 0 Å². The van der Waals surface area contributed by atoms with E-state index in [0.29, 0.717) is 0 Å².